The molecule has 0 spiro atoms. The van der Waals surface area contributed by atoms with Crippen LogP contribution in [0, 0.1) is 11.6 Å². The summed E-state index contributed by atoms with van der Waals surface area (Å²) in [4.78, 5) is 41.0. The summed E-state index contributed by atoms with van der Waals surface area (Å²) in [5.74, 6) is -3.34. The number of ether oxygens (including phenoxy) is 1. The maximum atomic E-state index is 13.8. The van der Waals surface area contributed by atoms with Crippen LogP contribution >= 0.6 is 0 Å². The molecule has 1 aliphatic heterocycles. The van der Waals surface area contributed by atoms with Crippen LogP contribution in [0.5, 0.6) is 0 Å². The monoisotopic (exact) mass is 471 g/mol. The highest BCUT2D eigenvalue weighted by Crippen LogP contribution is 2.37. The third-order valence-electron chi connectivity index (χ3n) is 6.45. The topological polar surface area (TPSA) is 92.9 Å². The van der Waals surface area contributed by atoms with E-state index < -0.39 is 29.6 Å². The summed E-state index contributed by atoms with van der Waals surface area (Å²) in [7, 11) is 0. The Morgan fingerprint density at radius 1 is 1.15 bits per heavy atom. The number of para-hydroxylation sites is 1. The van der Waals surface area contributed by atoms with Crippen molar-refractivity contribution in [1.82, 2.24) is 4.90 Å². The van der Waals surface area contributed by atoms with Crippen molar-refractivity contribution in [2.75, 3.05) is 24.6 Å². The number of hydrogen-bond acceptors (Lipinski definition) is 5. The Bertz CT molecular complexity index is 1120. The molecule has 2 aromatic rings. The first-order valence-electron chi connectivity index (χ1n) is 11.3. The van der Waals surface area contributed by atoms with Gasteiger partial charge in [-0.1, -0.05) is 18.2 Å². The van der Waals surface area contributed by atoms with Crippen LogP contribution in [0.2, 0.25) is 0 Å². The Kier molecular flexibility index (Phi) is 6.92. The zero-order chi connectivity index (χ0) is 24.4. The van der Waals surface area contributed by atoms with Crippen molar-refractivity contribution >= 4 is 23.5 Å². The Morgan fingerprint density at radius 3 is 2.65 bits per heavy atom. The quantitative estimate of drug-likeness (QED) is 0.654. The molecule has 0 bridgehead atoms. The van der Waals surface area contributed by atoms with Crippen molar-refractivity contribution in [3.05, 3.63) is 64.7 Å². The van der Waals surface area contributed by atoms with Gasteiger partial charge in [-0.25, -0.2) is 8.78 Å². The predicted octanol–water partition coefficient (Wildman–Crippen LogP) is 2.65. The minimum Gasteiger partial charge on any atom is -0.465 e. The zero-order valence-corrected chi connectivity index (χ0v) is 18.9. The number of nitrogens with two attached hydrogens (primary N) is 1. The van der Waals surface area contributed by atoms with Gasteiger partial charge >= 0.3 is 5.97 Å². The molecule has 2 amide bonds. The van der Waals surface area contributed by atoms with Crippen LogP contribution in [0.15, 0.2) is 36.4 Å². The summed E-state index contributed by atoms with van der Waals surface area (Å²) in [5, 5.41) is 0. The third-order valence-corrected chi connectivity index (χ3v) is 6.45. The molecule has 9 heteroatoms. The number of fused-ring (bicyclic) bond motifs is 2. The van der Waals surface area contributed by atoms with Gasteiger partial charge in [0.15, 0.2) is 11.6 Å². The number of nitrogens with zero attached hydrogens (tertiary/aromatic N) is 2. The number of benzene rings is 2. The summed E-state index contributed by atoms with van der Waals surface area (Å²) in [6.45, 7) is 1.63. The van der Waals surface area contributed by atoms with E-state index in [1.165, 1.54) is 21.9 Å². The van der Waals surface area contributed by atoms with Gasteiger partial charge in [0.05, 0.1) is 6.61 Å². The van der Waals surface area contributed by atoms with Gasteiger partial charge in [-0.2, -0.15) is 0 Å². The van der Waals surface area contributed by atoms with Crippen molar-refractivity contribution in [3.63, 3.8) is 0 Å². The van der Waals surface area contributed by atoms with Crippen molar-refractivity contribution in [2.24, 2.45) is 5.73 Å². The summed E-state index contributed by atoms with van der Waals surface area (Å²) in [6.07, 6.45) is 1.12. The van der Waals surface area contributed by atoms with E-state index in [0.717, 1.165) is 5.56 Å². The second kappa shape index (κ2) is 9.89. The van der Waals surface area contributed by atoms with Crippen molar-refractivity contribution in [1.29, 1.82) is 0 Å². The molecule has 2 N–H and O–H groups in total. The summed E-state index contributed by atoms with van der Waals surface area (Å²) < 4.78 is 32.4. The number of carbonyl (C=O) groups is 3. The predicted molar refractivity (Wildman–Crippen MR) is 121 cm³/mol. The molecule has 0 aromatic heterocycles. The van der Waals surface area contributed by atoms with E-state index in [0.29, 0.717) is 29.7 Å². The average Bonchev–Trinajstić information content (AvgIpc) is 3.14. The fourth-order valence-electron chi connectivity index (χ4n) is 4.79. The molecule has 0 saturated heterocycles. The number of rotatable bonds is 6. The molecule has 1 aliphatic carbocycles. The van der Waals surface area contributed by atoms with Gasteiger partial charge in [0.2, 0.25) is 11.8 Å². The highest BCUT2D eigenvalue weighted by Gasteiger charge is 2.34. The fourth-order valence-corrected chi connectivity index (χ4v) is 4.79. The standard InChI is InChI=1S/C25H27F2N3O4/c1-2-34-25(33)14-30-22-6-4-3-5-16(22)12-29(13-24(30)32)23(31)11-21(28)17-8-7-15-9-19(26)20(27)10-18(15)17/h3-6,9-10,17,21H,2,7-8,11-14,28H2,1H3/t17-,21-/m0/s1. The van der Waals surface area contributed by atoms with Gasteiger partial charge in [0.25, 0.3) is 0 Å². The molecule has 7 nitrogen and oxygen atoms in total. The highest BCUT2D eigenvalue weighted by molar-refractivity contribution is 6.01. The summed E-state index contributed by atoms with van der Waals surface area (Å²) >= 11 is 0. The van der Waals surface area contributed by atoms with E-state index in [2.05, 4.69) is 0 Å². The van der Waals surface area contributed by atoms with Gasteiger partial charge < -0.3 is 15.4 Å². The van der Waals surface area contributed by atoms with Crippen molar-refractivity contribution < 1.29 is 27.9 Å². The van der Waals surface area contributed by atoms with Crippen molar-refractivity contribution in [2.45, 2.75) is 44.7 Å². The maximum Gasteiger partial charge on any atom is 0.326 e. The molecule has 0 radical (unpaired) electrons. The number of anilines is 1. The first-order chi connectivity index (χ1) is 16.3. The number of hydrogen-bond donors (Lipinski definition) is 1. The first kappa shape index (κ1) is 23.8. The van der Waals surface area contributed by atoms with Crippen LogP contribution in [0.1, 0.15) is 42.4 Å². The SMILES string of the molecule is CCOC(=O)CN1C(=O)CN(C(=O)C[C@H](N)[C@H]2CCc3cc(F)c(F)cc32)Cc2ccccc21. The van der Waals surface area contributed by atoms with E-state index in [-0.39, 0.29) is 44.5 Å². The smallest absolute Gasteiger partial charge is 0.326 e. The lowest BCUT2D eigenvalue weighted by molar-refractivity contribution is -0.142. The fraction of sp³-hybridized carbons (Fsp3) is 0.400. The van der Waals surface area contributed by atoms with E-state index >= 15 is 0 Å². The molecule has 0 unspecified atom stereocenters. The lowest BCUT2D eigenvalue weighted by Crippen LogP contribution is -2.44. The minimum atomic E-state index is -0.930. The molecule has 180 valence electrons. The number of esters is 1. The Morgan fingerprint density at radius 2 is 1.88 bits per heavy atom. The lowest BCUT2D eigenvalue weighted by Gasteiger charge is -2.25. The van der Waals surface area contributed by atoms with Crippen LogP contribution < -0.4 is 10.6 Å². The number of halogens is 2. The Labute approximate surface area is 196 Å². The van der Waals surface area contributed by atoms with Crippen LogP contribution in [0.25, 0.3) is 0 Å². The average molecular weight is 472 g/mol. The molecule has 1 heterocycles. The molecule has 34 heavy (non-hydrogen) atoms. The van der Waals surface area contributed by atoms with Gasteiger partial charge in [0, 0.05) is 30.6 Å². The Balaban J connectivity index is 1.50. The zero-order valence-electron chi connectivity index (χ0n) is 18.9. The lowest BCUT2D eigenvalue weighted by atomic mass is 9.91. The van der Waals surface area contributed by atoms with Crippen LogP contribution in [0.4, 0.5) is 14.5 Å². The largest absolute Gasteiger partial charge is 0.465 e. The first-order valence-corrected chi connectivity index (χ1v) is 11.3. The van der Waals surface area contributed by atoms with E-state index in [1.807, 2.05) is 0 Å². The Hall–Kier alpha value is -3.33. The number of amides is 2. The van der Waals surface area contributed by atoms with Crippen LogP contribution in [-0.2, 0) is 32.1 Å². The van der Waals surface area contributed by atoms with E-state index in [4.69, 9.17) is 10.5 Å². The van der Waals surface area contributed by atoms with E-state index in [9.17, 15) is 23.2 Å². The van der Waals surface area contributed by atoms with Crippen molar-refractivity contribution in [3.8, 4) is 0 Å². The number of carbonyl (C=O) groups excluding carboxylic acids is 3. The highest BCUT2D eigenvalue weighted by atomic mass is 19.2. The van der Waals surface area contributed by atoms with E-state index in [1.54, 1.807) is 31.2 Å². The molecule has 2 aromatic carbocycles. The minimum absolute atomic E-state index is 0.0452. The maximum absolute atomic E-state index is 13.8. The molecular formula is C25H27F2N3O4. The molecule has 0 fully saturated rings. The molecule has 2 atom stereocenters. The molecule has 0 saturated carbocycles. The third kappa shape index (κ3) is 4.79. The summed E-state index contributed by atoms with van der Waals surface area (Å²) in [5.41, 5.74) is 8.99. The van der Waals surface area contributed by atoms with Gasteiger partial charge in [-0.15, -0.1) is 0 Å². The van der Waals surface area contributed by atoms with Gasteiger partial charge in [-0.3, -0.25) is 19.3 Å². The van der Waals surface area contributed by atoms with Gasteiger partial charge in [0.1, 0.15) is 13.1 Å². The van der Waals surface area contributed by atoms with Crippen LogP contribution in [-0.4, -0.2) is 48.4 Å². The van der Waals surface area contributed by atoms with Gasteiger partial charge in [-0.05, 0) is 54.7 Å². The molecular weight excluding hydrogens is 444 g/mol. The second-order valence-corrected chi connectivity index (χ2v) is 8.64. The number of aryl methyl sites for hydroxylation is 1. The molecule has 4 rings (SSSR count). The second-order valence-electron chi connectivity index (χ2n) is 8.64. The van der Waals surface area contributed by atoms with Crippen LogP contribution in [0.3, 0.4) is 0 Å². The normalized spacial score (nSPS) is 18.2. The molecule has 2 aliphatic rings. The summed E-state index contributed by atoms with van der Waals surface area (Å²) in [6, 6.07) is 8.86.